The van der Waals surface area contributed by atoms with Crippen molar-refractivity contribution in [2.24, 2.45) is 11.8 Å². The number of likely N-dealkylation sites (tertiary alicyclic amines) is 1. The van der Waals surface area contributed by atoms with E-state index in [0.29, 0.717) is 29.4 Å². The molecule has 22 heavy (non-hydrogen) atoms. The van der Waals surface area contributed by atoms with E-state index in [1.54, 1.807) is 4.90 Å². The Morgan fingerprint density at radius 2 is 1.91 bits per heavy atom. The van der Waals surface area contributed by atoms with Gasteiger partial charge in [0, 0.05) is 36.9 Å². The van der Waals surface area contributed by atoms with Gasteiger partial charge in [-0.2, -0.15) is 0 Å². The lowest BCUT2D eigenvalue weighted by molar-refractivity contribution is 0.0776. The zero-order valence-electron chi connectivity index (χ0n) is 12.0. The van der Waals surface area contributed by atoms with Gasteiger partial charge in [-0.15, -0.1) is 0 Å². The largest absolute Gasteiger partial charge is 0.338 e. The third kappa shape index (κ3) is 2.79. The molecule has 0 aliphatic carbocycles. The van der Waals surface area contributed by atoms with Gasteiger partial charge in [0.15, 0.2) is 15.7 Å². The van der Waals surface area contributed by atoms with Crippen LogP contribution in [0.1, 0.15) is 10.4 Å². The number of halogens is 2. The number of nitrogens with zero attached hydrogens (tertiary/aromatic N) is 1. The van der Waals surface area contributed by atoms with Crippen molar-refractivity contribution in [1.29, 1.82) is 0 Å². The third-order valence-corrected chi connectivity index (χ3v) is 5.86. The van der Waals surface area contributed by atoms with Crippen LogP contribution in [0.15, 0.2) is 21.5 Å². The summed E-state index contributed by atoms with van der Waals surface area (Å²) >= 11 is 3.15. The molecule has 1 amide bonds. The number of hydrogen-bond acceptors (Lipinski definition) is 4. The molecule has 0 spiro atoms. The predicted molar refractivity (Wildman–Crippen MR) is 83.0 cm³/mol. The van der Waals surface area contributed by atoms with Crippen molar-refractivity contribution in [2.75, 3.05) is 32.4 Å². The number of fused-ring (bicyclic) bond motifs is 1. The van der Waals surface area contributed by atoms with E-state index in [4.69, 9.17) is 0 Å². The minimum absolute atomic E-state index is 0.192. The highest BCUT2D eigenvalue weighted by Crippen LogP contribution is 2.30. The summed E-state index contributed by atoms with van der Waals surface area (Å²) < 4.78 is 38.2. The zero-order valence-corrected chi connectivity index (χ0v) is 14.4. The molecule has 0 saturated carbocycles. The minimum atomic E-state index is -3.74. The quantitative estimate of drug-likeness (QED) is 0.825. The molecule has 0 aromatic heterocycles. The minimum Gasteiger partial charge on any atom is -0.338 e. The number of hydrogen-bond donors (Lipinski definition) is 1. The first-order valence-corrected chi connectivity index (χ1v) is 9.65. The van der Waals surface area contributed by atoms with Crippen LogP contribution in [0, 0.1) is 17.7 Å². The van der Waals surface area contributed by atoms with Crippen LogP contribution >= 0.6 is 15.9 Å². The fourth-order valence-electron chi connectivity index (χ4n) is 3.18. The Hall–Kier alpha value is -0.990. The van der Waals surface area contributed by atoms with Crippen LogP contribution in [-0.4, -0.2) is 51.7 Å². The van der Waals surface area contributed by atoms with Crippen molar-refractivity contribution >= 4 is 31.7 Å². The van der Waals surface area contributed by atoms with Crippen LogP contribution in [0.5, 0.6) is 0 Å². The SMILES string of the molecule is CS(=O)(=O)c1cc(Br)cc(C(=O)N2C[C@H]3CNC[C@H]3C2)c1F. The molecule has 0 bridgehead atoms. The van der Waals surface area contributed by atoms with Gasteiger partial charge in [0.1, 0.15) is 4.90 Å². The highest BCUT2D eigenvalue weighted by atomic mass is 79.9. The zero-order chi connectivity index (χ0) is 16.1. The Labute approximate surface area is 136 Å². The molecule has 1 aromatic carbocycles. The monoisotopic (exact) mass is 390 g/mol. The molecule has 2 atom stereocenters. The van der Waals surface area contributed by atoms with Crippen molar-refractivity contribution in [1.82, 2.24) is 10.2 Å². The number of carbonyl (C=O) groups is 1. The third-order valence-electron chi connectivity index (χ3n) is 4.31. The van der Waals surface area contributed by atoms with Gasteiger partial charge in [0.05, 0.1) is 5.56 Å². The lowest BCUT2D eigenvalue weighted by Gasteiger charge is -2.18. The average Bonchev–Trinajstić information content (AvgIpc) is 2.99. The number of carbonyl (C=O) groups excluding carboxylic acids is 1. The van der Waals surface area contributed by atoms with Crippen LogP contribution < -0.4 is 5.32 Å². The Morgan fingerprint density at radius 3 is 2.45 bits per heavy atom. The van der Waals surface area contributed by atoms with E-state index in [2.05, 4.69) is 21.2 Å². The molecule has 5 nitrogen and oxygen atoms in total. The molecule has 1 aromatic rings. The van der Waals surface area contributed by atoms with Gasteiger partial charge in [-0.3, -0.25) is 4.79 Å². The standard InChI is InChI=1S/C14H16BrFN2O3S/c1-22(20,21)12-3-10(15)2-11(13(12)16)14(19)18-6-8-4-17-5-9(8)7-18/h2-3,8-9,17H,4-7H2,1H3/t8-,9+. The lowest BCUT2D eigenvalue weighted by atomic mass is 10.0. The highest BCUT2D eigenvalue weighted by Gasteiger charge is 2.39. The first kappa shape index (κ1) is 15.9. The molecule has 2 saturated heterocycles. The van der Waals surface area contributed by atoms with Crippen molar-refractivity contribution in [3.63, 3.8) is 0 Å². The number of rotatable bonds is 2. The smallest absolute Gasteiger partial charge is 0.256 e. The summed E-state index contributed by atoms with van der Waals surface area (Å²) in [6, 6.07) is 2.53. The molecule has 3 rings (SSSR count). The highest BCUT2D eigenvalue weighted by molar-refractivity contribution is 9.10. The fourth-order valence-corrected chi connectivity index (χ4v) is 4.57. The van der Waals surface area contributed by atoms with Gasteiger partial charge in [-0.1, -0.05) is 15.9 Å². The summed E-state index contributed by atoms with van der Waals surface area (Å²) in [5.74, 6) is -0.619. The van der Waals surface area contributed by atoms with Crippen molar-refractivity contribution in [3.05, 3.63) is 28.0 Å². The van der Waals surface area contributed by atoms with Gasteiger partial charge >= 0.3 is 0 Å². The second-order valence-electron chi connectivity index (χ2n) is 5.93. The molecule has 8 heteroatoms. The molecule has 2 aliphatic heterocycles. The molecule has 1 N–H and O–H groups in total. The van der Waals surface area contributed by atoms with E-state index in [9.17, 15) is 17.6 Å². The second-order valence-corrected chi connectivity index (χ2v) is 8.83. The van der Waals surface area contributed by atoms with E-state index in [-0.39, 0.29) is 5.56 Å². The molecular weight excluding hydrogens is 375 g/mol. The maximum absolute atomic E-state index is 14.5. The van der Waals surface area contributed by atoms with Gasteiger partial charge < -0.3 is 10.2 Å². The maximum Gasteiger partial charge on any atom is 0.256 e. The Balaban J connectivity index is 1.95. The summed E-state index contributed by atoms with van der Waals surface area (Å²) in [6.07, 6.45) is 0.929. The summed E-state index contributed by atoms with van der Waals surface area (Å²) in [5.41, 5.74) is -0.192. The molecule has 0 radical (unpaired) electrons. The van der Waals surface area contributed by atoms with Crippen LogP contribution in [0.2, 0.25) is 0 Å². The van der Waals surface area contributed by atoms with E-state index < -0.39 is 26.5 Å². The first-order chi connectivity index (χ1) is 10.3. The lowest BCUT2D eigenvalue weighted by Crippen LogP contribution is -2.32. The second kappa shape index (κ2) is 5.58. The number of nitrogens with one attached hydrogen (secondary N) is 1. The fraction of sp³-hybridized carbons (Fsp3) is 0.500. The summed E-state index contributed by atoms with van der Waals surface area (Å²) in [4.78, 5) is 13.7. The Morgan fingerprint density at radius 1 is 1.32 bits per heavy atom. The topological polar surface area (TPSA) is 66.5 Å². The first-order valence-electron chi connectivity index (χ1n) is 6.96. The van der Waals surface area contributed by atoms with Gasteiger partial charge in [-0.25, -0.2) is 12.8 Å². The molecular formula is C14H16BrFN2O3S. The van der Waals surface area contributed by atoms with Gasteiger partial charge in [0.2, 0.25) is 0 Å². The summed E-state index contributed by atoms with van der Waals surface area (Å²) in [5, 5.41) is 3.27. The normalized spacial score (nSPS) is 24.6. The molecule has 120 valence electrons. The summed E-state index contributed by atoms with van der Waals surface area (Å²) in [7, 11) is -3.74. The van der Waals surface area contributed by atoms with Crippen molar-refractivity contribution in [3.8, 4) is 0 Å². The number of sulfone groups is 1. The Bertz CT molecular complexity index is 726. The Kier molecular flexibility index (Phi) is 4.03. The molecule has 2 fully saturated rings. The van der Waals surface area contributed by atoms with E-state index in [0.717, 1.165) is 19.3 Å². The van der Waals surface area contributed by atoms with Crippen molar-refractivity contribution in [2.45, 2.75) is 4.90 Å². The van der Waals surface area contributed by atoms with E-state index in [1.807, 2.05) is 0 Å². The van der Waals surface area contributed by atoms with Crippen LogP contribution in [0.4, 0.5) is 4.39 Å². The molecule has 0 unspecified atom stereocenters. The van der Waals surface area contributed by atoms with Crippen LogP contribution in [0.25, 0.3) is 0 Å². The average molecular weight is 391 g/mol. The van der Waals surface area contributed by atoms with Gasteiger partial charge in [0.25, 0.3) is 5.91 Å². The number of benzene rings is 1. The van der Waals surface area contributed by atoms with Crippen LogP contribution in [-0.2, 0) is 9.84 Å². The molecule has 2 aliphatic rings. The number of amides is 1. The van der Waals surface area contributed by atoms with Crippen molar-refractivity contribution < 1.29 is 17.6 Å². The molecule has 2 heterocycles. The maximum atomic E-state index is 14.5. The predicted octanol–water partition coefficient (Wildman–Crippen LogP) is 1.28. The van der Waals surface area contributed by atoms with Gasteiger partial charge in [-0.05, 0) is 24.0 Å². The van der Waals surface area contributed by atoms with Crippen LogP contribution in [0.3, 0.4) is 0 Å². The van der Waals surface area contributed by atoms with E-state index >= 15 is 0 Å². The van der Waals surface area contributed by atoms with E-state index in [1.165, 1.54) is 12.1 Å². The summed E-state index contributed by atoms with van der Waals surface area (Å²) in [6.45, 7) is 2.89.